The van der Waals surface area contributed by atoms with Crippen LogP contribution in [0, 0.1) is 12.7 Å². The number of aryl methyl sites for hydroxylation is 1. The summed E-state index contributed by atoms with van der Waals surface area (Å²) < 4.78 is 14.7. The highest BCUT2D eigenvalue weighted by Crippen LogP contribution is 2.31. The number of benzene rings is 2. The van der Waals surface area contributed by atoms with Crippen LogP contribution in [0.25, 0.3) is 15.5 Å². The second-order valence-electron chi connectivity index (χ2n) is 5.81. The minimum Gasteiger partial charge on any atom is -0.332 e. The van der Waals surface area contributed by atoms with Crippen LogP contribution in [0.5, 0.6) is 0 Å². The van der Waals surface area contributed by atoms with E-state index in [1.165, 1.54) is 35.6 Å². The van der Waals surface area contributed by atoms with Crippen LogP contribution >= 0.6 is 23.6 Å². The number of fused-ring (bicyclic) bond motifs is 1. The van der Waals surface area contributed by atoms with Crippen LogP contribution in [-0.4, -0.2) is 30.8 Å². The number of carbonyl (C=O) groups excluding carboxylic acids is 1. The molecule has 7 nitrogen and oxygen atoms in total. The predicted molar refractivity (Wildman–Crippen MR) is 109 cm³/mol. The Labute approximate surface area is 168 Å². The summed E-state index contributed by atoms with van der Waals surface area (Å²) in [5.41, 5.74) is 1.81. The van der Waals surface area contributed by atoms with E-state index in [4.69, 9.17) is 12.2 Å². The summed E-state index contributed by atoms with van der Waals surface area (Å²) in [5.74, 6) is -0.138. The molecule has 0 aliphatic heterocycles. The summed E-state index contributed by atoms with van der Waals surface area (Å²) in [4.78, 5) is 12.9. The van der Waals surface area contributed by atoms with Gasteiger partial charge in [0.25, 0.3) is 5.91 Å². The van der Waals surface area contributed by atoms with Crippen molar-refractivity contribution in [2.45, 2.75) is 6.92 Å². The molecule has 0 saturated carbocycles. The van der Waals surface area contributed by atoms with Crippen LogP contribution in [0.4, 0.5) is 10.1 Å². The highest BCUT2D eigenvalue weighted by Gasteiger charge is 2.15. The number of thiocarbonyl (C=S) groups is 1. The Morgan fingerprint density at radius 3 is 2.64 bits per heavy atom. The van der Waals surface area contributed by atoms with Crippen molar-refractivity contribution >= 4 is 45.2 Å². The van der Waals surface area contributed by atoms with Crippen molar-refractivity contribution in [3.05, 3.63) is 65.7 Å². The first-order valence-corrected chi connectivity index (χ1v) is 9.40. The Kier molecular flexibility index (Phi) is 4.80. The monoisotopic (exact) mass is 412 g/mol. The molecule has 10 heteroatoms. The number of hydrogen-bond donors (Lipinski definition) is 2. The van der Waals surface area contributed by atoms with E-state index >= 15 is 0 Å². The highest BCUT2D eigenvalue weighted by atomic mass is 32.1. The van der Waals surface area contributed by atoms with E-state index in [0.717, 1.165) is 10.6 Å². The van der Waals surface area contributed by atoms with Gasteiger partial charge in [-0.05, 0) is 55.5 Å². The fraction of sp³-hybridized carbons (Fsp3) is 0.0556. The molecule has 0 aliphatic rings. The number of nitrogens with zero attached hydrogens (tertiary/aromatic N) is 4. The molecule has 1 amide bonds. The van der Waals surface area contributed by atoms with Crippen molar-refractivity contribution in [3.63, 3.8) is 0 Å². The first-order valence-electron chi connectivity index (χ1n) is 8.17. The van der Waals surface area contributed by atoms with Crippen LogP contribution in [0.15, 0.2) is 48.5 Å². The molecule has 0 bridgehead atoms. The van der Waals surface area contributed by atoms with Gasteiger partial charge in [0, 0.05) is 11.1 Å². The van der Waals surface area contributed by atoms with E-state index in [1.54, 1.807) is 4.52 Å². The number of carbonyl (C=O) groups is 1. The Morgan fingerprint density at radius 2 is 1.89 bits per heavy atom. The van der Waals surface area contributed by atoms with Gasteiger partial charge in [-0.15, -0.1) is 10.2 Å². The molecule has 4 rings (SSSR count). The van der Waals surface area contributed by atoms with Gasteiger partial charge in [-0.3, -0.25) is 10.1 Å². The molecule has 2 aromatic carbocycles. The zero-order valence-electron chi connectivity index (χ0n) is 14.5. The van der Waals surface area contributed by atoms with Crippen molar-refractivity contribution in [2.24, 2.45) is 0 Å². The molecule has 0 radical (unpaired) electrons. The fourth-order valence-electron chi connectivity index (χ4n) is 2.53. The number of para-hydroxylation sites is 1. The van der Waals surface area contributed by atoms with Crippen molar-refractivity contribution in [2.75, 3.05) is 5.32 Å². The third-order valence-corrected chi connectivity index (χ3v) is 5.02. The molecule has 0 atom stereocenters. The lowest BCUT2D eigenvalue weighted by molar-refractivity contribution is 0.0977. The van der Waals surface area contributed by atoms with Gasteiger partial charge >= 0.3 is 0 Å². The third kappa shape index (κ3) is 3.59. The predicted octanol–water partition coefficient (Wildman–Crippen LogP) is 3.43. The maximum Gasteiger partial charge on any atom is 0.257 e. The number of anilines is 1. The maximum absolute atomic E-state index is 13.0. The fourth-order valence-corrected chi connectivity index (χ4v) is 3.66. The molecule has 0 aliphatic carbocycles. The van der Waals surface area contributed by atoms with E-state index < -0.39 is 11.7 Å². The lowest BCUT2D eigenvalue weighted by Gasteiger charge is -2.12. The molecule has 2 heterocycles. The van der Waals surface area contributed by atoms with Crippen LogP contribution in [0.3, 0.4) is 0 Å². The van der Waals surface area contributed by atoms with Gasteiger partial charge in [0.2, 0.25) is 4.96 Å². The Morgan fingerprint density at radius 1 is 1.14 bits per heavy atom. The lowest BCUT2D eigenvalue weighted by atomic mass is 10.2. The number of halogens is 1. The molecule has 0 saturated heterocycles. The van der Waals surface area contributed by atoms with Crippen LogP contribution in [0.2, 0.25) is 0 Å². The second-order valence-corrected chi connectivity index (χ2v) is 7.17. The van der Waals surface area contributed by atoms with Gasteiger partial charge < -0.3 is 5.32 Å². The van der Waals surface area contributed by atoms with E-state index in [2.05, 4.69) is 25.9 Å². The van der Waals surface area contributed by atoms with E-state index in [9.17, 15) is 9.18 Å². The summed E-state index contributed by atoms with van der Waals surface area (Å²) in [6, 6.07) is 12.7. The van der Waals surface area contributed by atoms with Gasteiger partial charge in [0.15, 0.2) is 10.9 Å². The average molecular weight is 412 g/mol. The SMILES string of the molecule is Cc1nnc2sc(-c3ccccc3NC(=S)NC(=O)c3ccc(F)cc3)nn12. The zero-order valence-corrected chi connectivity index (χ0v) is 16.1. The van der Waals surface area contributed by atoms with Crippen LogP contribution < -0.4 is 10.6 Å². The molecular formula is C18H13FN6OS2. The first-order chi connectivity index (χ1) is 13.5. The second kappa shape index (κ2) is 7.41. The van der Waals surface area contributed by atoms with Gasteiger partial charge in [-0.25, -0.2) is 4.39 Å². The number of hydrogen-bond acceptors (Lipinski definition) is 6. The van der Waals surface area contributed by atoms with Crippen molar-refractivity contribution in [3.8, 4) is 10.6 Å². The number of amides is 1. The largest absolute Gasteiger partial charge is 0.332 e. The van der Waals surface area contributed by atoms with Gasteiger partial charge in [0.05, 0.1) is 5.69 Å². The number of aromatic nitrogens is 4. The van der Waals surface area contributed by atoms with Gasteiger partial charge in [-0.2, -0.15) is 9.61 Å². The van der Waals surface area contributed by atoms with Crippen molar-refractivity contribution in [1.82, 2.24) is 25.1 Å². The minimum atomic E-state index is -0.426. The topological polar surface area (TPSA) is 84.2 Å². The molecule has 0 unspecified atom stereocenters. The third-order valence-electron chi connectivity index (χ3n) is 3.89. The number of rotatable bonds is 3. The molecular weight excluding hydrogens is 399 g/mol. The molecule has 4 aromatic rings. The van der Waals surface area contributed by atoms with Gasteiger partial charge in [-0.1, -0.05) is 23.5 Å². The van der Waals surface area contributed by atoms with E-state index in [0.29, 0.717) is 22.0 Å². The summed E-state index contributed by atoms with van der Waals surface area (Å²) in [5, 5.41) is 19.1. The summed E-state index contributed by atoms with van der Waals surface area (Å²) in [7, 11) is 0. The standard InChI is InChI=1S/C18H13FN6OS2/c1-10-22-23-18-25(10)24-16(28-18)13-4-2-3-5-14(13)20-17(27)21-15(26)11-6-8-12(19)9-7-11/h2-9H,1H3,(H2,20,21,26,27). The summed E-state index contributed by atoms with van der Waals surface area (Å²) in [6.45, 7) is 1.83. The minimum absolute atomic E-state index is 0.126. The molecule has 0 fully saturated rings. The van der Waals surface area contributed by atoms with Crippen molar-refractivity contribution < 1.29 is 9.18 Å². The molecule has 28 heavy (non-hydrogen) atoms. The first kappa shape index (κ1) is 18.1. The van der Waals surface area contributed by atoms with Crippen molar-refractivity contribution in [1.29, 1.82) is 0 Å². The molecule has 140 valence electrons. The quantitative estimate of drug-likeness (QED) is 0.502. The average Bonchev–Trinajstić information content (AvgIpc) is 3.25. The number of nitrogens with one attached hydrogen (secondary N) is 2. The summed E-state index contributed by atoms with van der Waals surface area (Å²) >= 11 is 6.65. The smallest absolute Gasteiger partial charge is 0.257 e. The van der Waals surface area contributed by atoms with Gasteiger partial charge in [0.1, 0.15) is 10.8 Å². The van der Waals surface area contributed by atoms with Crippen LogP contribution in [-0.2, 0) is 0 Å². The lowest BCUT2D eigenvalue weighted by Crippen LogP contribution is -2.34. The van der Waals surface area contributed by atoms with E-state index in [-0.39, 0.29) is 5.11 Å². The summed E-state index contributed by atoms with van der Waals surface area (Å²) in [6.07, 6.45) is 0. The maximum atomic E-state index is 13.0. The Balaban J connectivity index is 1.54. The Hall–Kier alpha value is -3.24. The molecule has 0 spiro atoms. The highest BCUT2D eigenvalue weighted by molar-refractivity contribution is 7.80. The zero-order chi connectivity index (χ0) is 19.7. The van der Waals surface area contributed by atoms with E-state index in [1.807, 2.05) is 31.2 Å². The molecule has 2 aromatic heterocycles. The van der Waals surface area contributed by atoms with Crippen LogP contribution in [0.1, 0.15) is 16.2 Å². The normalized spacial score (nSPS) is 10.8. The molecule has 2 N–H and O–H groups in total. The Bertz CT molecular complexity index is 1180.